The van der Waals surface area contributed by atoms with Gasteiger partial charge in [0.1, 0.15) is 15.9 Å². The molecule has 0 heterocycles. The van der Waals surface area contributed by atoms with Crippen LogP contribution in [-0.4, -0.2) is 18.9 Å². The molecule has 0 N–H and O–H groups in total. The average molecular weight is 533 g/mol. The molecule has 9 heteroatoms. The normalized spacial score (nSPS) is 11.5. The second kappa shape index (κ2) is 16.0. The van der Waals surface area contributed by atoms with Gasteiger partial charge in [-0.25, -0.2) is 8.42 Å². The molecule has 0 saturated carbocycles. The van der Waals surface area contributed by atoms with E-state index in [2.05, 4.69) is 17.2 Å². The van der Waals surface area contributed by atoms with Gasteiger partial charge in [0, 0.05) is 17.2 Å². The van der Waals surface area contributed by atoms with Crippen LogP contribution in [0.4, 0.5) is 11.4 Å². The number of hydrogen-bond acceptors (Lipinski definition) is 7. The first-order valence-corrected chi connectivity index (χ1v) is 14.0. The van der Waals surface area contributed by atoms with Crippen LogP contribution in [0.1, 0.15) is 71.1 Å². The van der Waals surface area contributed by atoms with E-state index < -0.39 is 10.1 Å². The summed E-state index contributed by atoms with van der Waals surface area (Å²) in [5.41, 5.74) is 0.771. The average Bonchev–Trinajstić information content (AvgIpc) is 2.87. The second-order valence-electron chi connectivity index (χ2n) is 8.83. The van der Waals surface area contributed by atoms with Crippen LogP contribution in [0.15, 0.2) is 75.8 Å². The first-order chi connectivity index (χ1) is 17.4. The summed E-state index contributed by atoms with van der Waals surface area (Å²) in [6, 6.07) is 16.2. The van der Waals surface area contributed by atoms with Gasteiger partial charge in [-0.1, -0.05) is 88.6 Å². The Morgan fingerprint density at radius 2 is 1.46 bits per heavy atom. The Hall–Kier alpha value is -2.10. The first-order valence-electron chi connectivity index (χ1n) is 12.6. The van der Waals surface area contributed by atoms with Crippen LogP contribution < -0.4 is 34.3 Å². The minimum absolute atomic E-state index is 0. The summed E-state index contributed by atoms with van der Waals surface area (Å²) < 4.78 is 39.4. The standard InChI is InChI=1S/C28H34N2O5S.Na/c1-2-3-4-5-6-7-8-9-10-18-28(31)35-27-20-19-26(24-16-11-12-17-25(24)27)30-29-22-14-13-15-23(21-22)36(32,33)34;/h11-17,19-21H,2-10,18H2,1H3,(H,32,33,34);/q;+1/p-1. The molecular weight excluding hydrogens is 499 g/mol. The summed E-state index contributed by atoms with van der Waals surface area (Å²) in [7, 11) is -4.58. The molecule has 0 atom stereocenters. The third kappa shape index (κ3) is 10.3. The molecule has 0 spiro atoms. The van der Waals surface area contributed by atoms with Crippen molar-refractivity contribution in [1.82, 2.24) is 0 Å². The number of ether oxygens (including phenoxy) is 1. The Kier molecular flexibility index (Phi) is 13.5. The summed E-state index contributed by atoms with van der Waals surface area (Å²) in [6.45, 7) is 2.22. The molecule has 0 aliphatic carbocycles. The Labute approximate surface area is 241 Å². The third-order valence-electron chi connectivity index (χ3n) is 5.95. The van der Waals surface area contributed by atoms with Crippen LogP contribution in [0, 0.1) is 0 Å². The van der Waals surface area contributed by atoms with E-state index in [4.69, 9.17) is 4.74 Å². The van der Waals surface area contributed by atoms with Crippen LogP contribution in [0.3, 0.4) is 0 Å². The van der Waals surface area contributed by atoms with Crippen molar-refractivity contribution in [2.45, 2.75) is 76.0 Å². The Balaban J connectivity index is 0.00000481. The van der Waals surface area contributed by atoms with Gasteiger partial charge in [-0.3, -0.25) is 4.79 Å². The molecule has 0 aliphatic heterocycles. The molecule has 3 rings (SSSR count). The number of nitrogens with zero attached hydrogens (tertiary/aromatic N) is 2. The van der Waals surface area contributed by atoms with E-state index in [-0.39, 0.29) is 46.1 Å². The quantitative estimate of drug-likeness (QED) is 0.0726. The van der Waals surface area contributed by atoms with Crippen molar-refractivity contribution in [1.29, 1.82) is 0 Å². The van der Waals surface area contributed by atoms with Crippen molar-refractivity contribution in [2.24, 2.45) is 10.2 Å². The summed E-state index contributed by atoms with van der Waals surface area (Å²) in [5, 5.41) is 9.79. The van der Waals surface area contributed by atoms with Crippen LogP contribution in [0.2, 0.25) is 0 Å². The molecule has 0 fully saturated rings. The van der Waals surface area contributed by atoms with Crippen molar-refractivity contribution in [3.05, 3.63) is 60.7 Å². The van der Waals surface area contributed by atoms with Gasteiger partial charge in [0.05, 0.1) is 16.3 Å². The molecule has 3 aromatic carbocycles. The van der Waals surface area contributed by atoms with Crippen LogP contribution in [-0.2, 0) is 14.9 Å². The summed E-state index contributed by atoms with van der Waals surface area (Å²) in [4.78, 5) is 12.1. The van der Waals surface area contributed by atoms with Crippen molar-refractivity contribution < 1.29 is 52.1 Å². The molecule has 0 amide bonds. The van der Waals surface area contributed by atoms with E-state index in [1.165, 1.54) is 56.7 Å². The van der Waals surface area contributed by atoms with Gasteiger partial charge in [0.2, 0.25) is 0 Å². The number of carbonyl (C=O) groups is 1. The summed E-state index contributed by atoms with van der Waals surface area (Å²) in [5.74, 6) is 0.207. The fraction of sp³-hybridized carbons (Fsp3) is 0.393. The van der Waals surface area contributed by atoms with Crippen LogP contribution in [0.5, 0.6) is 5.75 Å². The molecule has 192 valence electrons. The molecule has 0 radical (unpaired) electrons. The molecule has 0 aliphatic rings. The number of azo groups is 1. The number of rotatable bonds is 14. The van der Waals surface area contributed by atoms with Crippen molar-refractivity contribution in [2.75, 3.05) is 0 Å². The number of carbonyl (C=O) groups excluding carboxylic acids is 1. The fourth-order valence-electron chi connectivity index (χ4n) is 4.00. The number of fused-ring (bicyclic) bond motifs is 1. The van der Waals surface area contributed by atoms with Crippen LogP contribution >= 0.6 is 0 Å². The van der Waals surface area contributed by atoms with Crippen molar-refractivity contribution in [3.63, 3.8) is 0 Å². The van der Waals surface area contributed by atoms with Gasteiger partial charge < -0.3 is 9.29 Å². The Bertz CT molecular complexity index is 1290. The molecule has 37 heavy (non-hydrogen) atoms. The van der Waals surface area contributed by atoms with E-state index in [0.29, 0.717) is 17.9 Å². The number of benzene rings is 3. The van der Waals surface area contributed by atoms with E-state index in [9.17, 15) is 17.8 Å². The molecule has 3 aromatic rings. The monoisotopic (exact) mass is 532 g/mol. The zero-order valence-electron chi connectivity index (χ0n) is 21.7. The van der Waals surface area contributed by atoms with Gasteiger partial charge in [-0.05, 0) is 36.8 Å². The fourth-order valence-corrected chi connectivity index (χ4v) is 4.51. The topological polar surface area (TPSA) is 108 Å². The predicted molar refractivity (Wildman–Crippen MR) is 140 cm³/mol. The number of esters is 1. The van der Waals surface area contributed by atoms with Crippen LogP contribution in [0.25, 0.3) is 10.8 Å². The van der Waals surface area contributed by atoms with Gasteiger partial charge in [-0.2, -0.15) is 5.11 Å². The first kappa shape index (κ1) is 31.1. The maximum Gasteiger partial charge on any atom is 1.00 e. The molecular formula is C28H33N2NaO5S. The van der Waals surface area contributed by atoms with E-state index in [1.54, 1.807) is 18.2 Å². The second-order valence-corrected chi connectivity index (χ2v) is 10.2. The van der Waals surface area contributed by atoms with Crippen molar-refractivity contribution in [3.8, 4) is 5.75 Å². The smallest absolute Gasteiger partial charge is 0.744 e. The molecule has 7 nitrogen and oxygen atoms in total. The largest absolute Gasteiger partial charge is 1.00 e. The SMILES string of the molecule is CCCCCCCCCCCC(=O)Oc1ccc(N=Nc2cccc(S(=O)(=O)[O-])c2)c2ccccc12.[Na+]. The Morgan fingerprint density at radius 1 is 0.811 bits per heavy atom. The summed E-state index contributed by atoms with van der Waals surface area (Å²) in [6.07, 6.45) is 11.0. The molecule has 0 bridgehead atoms. The maximum atomic E-state index is 12.4. The third-order valence-corrected chi connectivity index (χ3v) is 6.78. The maximum absolute atomic E-state index is 12.4. The number of hydrogen-bond donors (Lipinski definition) is 0. The number of unbranched alkanes of at least 4 members (excludes halogenated alkanes) is 8. The van der Waals surface area contributed by atoms with Gasteiger partial charge in [-0.15, -0.1) is 5.11 Å². The zero-order valence-corrected chi connectivity index (χ0v) is 24.5. The van der Waals surface area contributed by atoms with E-state index in [1.807, 2.05) is 24.3 Å². The van der Waals surface area contributed by atoms with Gasteiger partial charge >= 0.3 is 35.5 Å². The minimum Gasteiger partial charge on any atom is -0.744 e. The van der Waals surface area contributed by atoms with Crippen molar-refractivity contribution >= 4 is 38.2 Å². The van der Waals surface area contributed by atoms with Gasteiger partial charge in [0.15, 0.2) is 0 Å². The molecule has 0 unspecified atom stereocenters. The van der Waals surface area contributed by atoms with E-state index in [0.717, 1.165) is 30.0 Å². The zero-order chi connectivity index (χ0) is 25.8. The summed E-state index contributed by atoms with van der Waals surface area (Å²) >= 11 is 0. The predicted octanol–water partition coefficient (Wildman–Crippen LogP) is 4.99. The minimum atomic E-state index is -4.58. The van der Waals surface area contributed by atoms with Gasteiger partial charge in [0.25, 0.3) is 0 Å². The molecule has 0 aromatic heterocycles. The van der Waals surface area contributed by atoms with E-state index >= 15 is 0 Å². The molecule has 0 saturated heterocycles. The Morgan fingerprint density at radius 3 is 2.14 bits per heavy atom.